The summed E-state index contributed by atoms with van der Waals surface area (Å²) in [5.41, 5.74) is 2.79. The third-order valence-corrected chi connectivity index (χ3v) is 4.31. The molecule has 0 N–H and O–H groups in total. The zero-order valence-electron chi connectivity index (χ0n) is 15.3. The molecule has 0 saturated carbocycles. The van der Waals surface area contributed by atoms with Gasteiger partial charge in [0.25, 0.3) is 0 Å². The number of aliphatic imine (C=N–C) groups is 1. The highest BCUT2D eigenvalue weighted by Crippen LogP contribution is 2.31. The first-order chi connectivity index (χ1) is 12.1. The summed E-state index contributed by atoms with van der Waals surface area (Å²) in [5, 5.41) is 0. The first kappa shape index (κ1) is 19.9. The standard InChI is InChI=1S/C20H22F4N2/c1-5-26(4)12-25-19-9-13(2)16(8-14(19)3)10-15-6-7-17(11-18(15)21)20(22,23)24/h6-9,11-12H,5,10H2,1-4H3. The van der Waals surface area contributed by atoms with Gasteiger partial charge in [-0.2, -0.15) is 13.2 Å². The molecule has 0 unspecified atom stereocenters. The van der Waals surface area contributed by atoms with Gasteiger partial charge in [0, 0.05) is 20.0 Å². The smallest absolute Gasteiger partial charge is 0.366 e. The number of rotatable bonds is 5. The predicted octanol–water partition coefficient (Wildman–Crippen LogP) is 5.66. The van der Waals surface area contributed by atoms with Crippen molar-refractivity contribution in [3.63, 3.8) is 0 Å². The van der Waals surface area contributed by atoms with Gasteiger partial charge in [-0.15, -0.1) is 0 Å². The SMILES string of the molecule is CCN(C)C=Nc1cc(C)c(Cc2ccc(C(F)(F)F)cc2F)cc1C. The van der Waals surface area contributed by atoms with Gasteiger partial charge >= 0.3 is 6.18 Å². The first-order valence-electron chi connectivity index (χ1n) is 8.32. The lowest BCUT2D eigenvalue weighted by molar-refractivity contribution is -0.137. The van der Waals surface area contributed by atoms with Crippen LogP contribution in [0.4, 0.5) is 23.2 Å². The molecule has 0 aliphatic rings. The predicted molar refractivity (Wildman–Crippen MR) is 96.6 cm³/mol. The first-order valence-corrected chi connectivity index (χ1v) is 8.32. The topological polar surface area (TPSA) is 15.6 Å². The Morgan fingerprint density at radius 2 is 1.73 bits per heavy atom. The van der Waals surface area contributed by atoms with Crippen molar-refractivity contribution < 1.29 is 17.6 Å². The Kier molecular flexibility index (Phi) is 6.05. The van der Waals surface area contributed by atoms with Crippen molar-refractivity contribution in [3.05, 3.63) is 64.0 Å². The van der Waals surface area contributed by atoms with Crippen LogP contribution in [0.25, 0.3) is 0 Å². The van der Waals surface area contributed by atoms with E-state index in [0.717, 1.165) is 35.0 Å². The van der Waals surface area contributed by atoms with Crippen LogP contribution in [0.15, 0.2) is 35.3 Å². The Hall–Kier alpha value is -2.37. The second-order valence-corrected chi connectivity index (χ2v) is 6.36. The molecule has 0 heterocycles. The average Bonchev–Trinajstić information content (AvgIpc) is 2.56. The van der Waals surface area contributed by atoms with Crippen molar-refractivity contribution in [1.29, 1.82) is 0 Å². The van der Waals surface area contributed by atoms with E-state index >= 15 is 0 Å². The number of nitrogens with zero attached hydrogens (tertiary/aromatic N) is 2. The molecule has 0 aliphatic carbocycles. The molecule has 26 heavy (non-hydrogen) atoms. The minimum Gasteiger partial charge on any atom is -0.366 e. The van der Waals surface area contributed by atoms with E-state index in [9.17, 15) is 17.6 Å². The van der Waals surface area contributed by atoms with Gasteiger partial charge in [0.1, 0.15) is 5.82 Å². The van der Waals surface area contributed by atoms with Crippen LogP contribution >= 0.6 is 0 Å². The van der Waals surface area contributed by atoms with Crippen LogP contribution in [-0.4, -0.2) is 24.8 Å². The van der Waals surface area contributed by atoms with Gasteiger partial charge in [0.2, 0.25) is 0 Å². The Morgan fingerprint density at radius 1 is 1.04 bits per heavy atom. The second kappa shape index (κ2) is 7.89. The summed E-state index contributed by atoms with van der Waals surface area (Å²) in [6.45, 7) is 6.66. The van der Waals surface area contributed by atoms with Crippen molar-refractivity contribution in [2.24, 2.45) is 4.99 Å². The number of hydrogen-bond acceptors (Lipinski definition) is 1. The highest BCUT2D eigenvalue weighted by Gasteiger charge is 2.31. The minimum absolute atomic E-state index is 0.232. The van der Waals surface area contributed by atoms with Crippen molar-refractivity contribution in [2.75, 3.05) is 13.6 Å². The van der Waals surface area contributed by atoms with E-state index in [4.69, 9.17) is 0 Å². The molecule has 0 atom stereocenters. The van der Waals surface area contributed by atoms with Gasteiger partial charge < -0.3 is 4.90 Å². The van der Waals surface area contributed by atoms with E-state index in [-0.39, 0.29) is 12.0 Å². The van der Waals surface area contributed by atoms with E-state index in [1.165, 1.54) is 6.07 Å². The van der Waals surface area contributed by atoms with Gasteiger partial charge in [0.05, 0.1) is 17.6 Å². The Balaban J connectivity index is 2.28. The maximum atomic E-state index is 14.1. The lowest BCUT2D eigenvalue weighted by Gasteiger charge is -2.13. The van der Waals surface area contributed by atoms with E-state index in [1.54, 1.807) is 6.34 Å². The highest BCUT2D eigenvalue weighted by molar-refractivity contribution is 5.64. The minimum atomic E-state index is -4.54. The van der Waals surface area contributed by atoms with Gasteiger partial charge in [-0.05, 0) is 61.2 Å². The number of benzene rings is 2. The lowest BCUT2D eigenvalue weighted by atomic mass is 9.96. The molecular weight excluding hydrogens is 344 g/mol. The summed E-state index contributed by atoms with van der Waals surface area (Å²) in [4.78, 5) is 6.39. The summed E-state index contributed by atoms with van der Waals surface area (Å²) >= 11 is 0. The average molecular weight is 366 g/mol. The summed E-state index contributed by atoms with van der Waals surface area (Å²) in [7, 11) is 1.92. The zero-order valence-corrected chi connectivity index (χ0v) is 15.3. The number of aryl methyl sites for hydroxylation is 2. The fraction of sp³-hybridized carbons (Fsp3) is 0.350. The van der Waals surface area contributed by atoms with Crippen LogP contribution in [0.3, 0.4) is 0 Å². The molecule has 2 aromatic rings. The Bertz CT molecular complexity index is 810. The molecule has 0 fully saturated rings. The number of hydrogen-bond donors (Lipinski definition) is 0. The van der Waals surface area contributed by atoms with Crippen LogP contribution in [0, 0.1) is 19.7 Å². The number of alkyl halides is 3. The third kappa shape index (κ3) is 4.84. The van der Waals surface area contributed by atoms with E-state index in [1.807, 2.05) is 44.9 Å². The Labute approximate surface area is 151 Å². The number of halogens is 4. The van der Waals surface area contributed by atoms with Crippen LogP contribution < -0.4 is 0 Å². The van der Waals surface area contributed by atoms with E-state index in [2.05, 4.69) is 4.99 Å². The monoisotopic (exact) mass is 366 g/mol. The largest absolute Gasteiger partial charge is 0.416 e. The van der Waals surface area contributed by atoms with Crippen LogP contribution in [0.1, 0.15) is 34.7 Å². The Morgan fingerprint density at radius 3 is 2.31 bits per heavy atom. The molecule has 0 bridgehead atoms. The van der Waals surface area contributed by atoms with Crippen LogP contribution in [0.5, 0.6) is 0 Å². The molecule has 2 rings (SSSR count). The van der Waals surface area contributed by atoms with Gasteiger partial charge in [0.15, 0.2) is 0 Å². The van der Waals surface area contributed by atoms with Crippen LogP contribution in [-0.2, 0) is 12.6 Å². The molecule has 0 radical (unpaired) electrons. The maximum Gasteiger partial charge on any atom is 0.416 e. The summed E-state index contributed by atoms with van der Waals surface area (Å²) < 4.78 is 52.1. The molecule has 0 spiro atoms. The third-order valence-electron chi connectivity index (χ3n) is 4.31. The van der Waals surface area contributed by atoms with E-state index in [0.29, 0.717) is 6.07 Å². The summed E-state index contributed by atoms with van der Waals surface area (Å²) in [6, 6.07) is 6.49. The molecule has 0 saturated heterocycles. The van der Waals surface area contributed by atoms with Crippen molar-refractivity contribution in [2.45, 2.75) is 33.4 Å². The fourth-order valence-electron chi connectivity index (χ4n) is 2.50. The molecule has 6 heteroatoms. The zero-order chi connectivity index (χ0) is 19.5. The lowest BCUT2D eigenvalue weighted by Crippen LogP contribution is -2.14. The van der Waals surface area contributed by atoms with Crippen molar-refractivity contribution in [1.82, 2.24) is 4.90 Å². The van der Waals surface area contributed by atoms with Gasteiger partial charge in [-0.1, -0.05) is 12.1 Å². The molecule has 0 aliphatic heterocycles. The molecule has 0 amide bonds. The summed E-state index contributed by atoms with van der Waals surface area (Å²) in [6.07, 6.45) is -2.57. The molecular formula is C20H22F4N2. The quantitative estimate of drug-likeness (QED) is 0.378. The van der Waals surface area contributed by atoms with Gasteiger partial charge in [-0.25, -0.2) is 9.38 Å². The van der Waals surface area contributed by atoms with Crippen LogP contribution in [0.2, 0.25) is 0 Å². The molecule has 0 aromatic heterocycles. The van der Waals surface area contributed by atoms with E-state index < -0.39 is 17.6 Å². The second-order valence-electron chi connectivity index (χ2n) is 6.36. The molecule has 2 nitrogen and oxygen atoms in total. The van der Waals surface area contributed by atoms with Crippen molar-refractivity contribution >= 4 is 12.0 Å². The highest BCUT2D eigenvalue weighted by atomic mass is 19.4. The molecule has 140 valence electrons. The fourth-order valence-corrected chi connectivity index (χ4v) is 2.50. The summed E-state index contributed by atoms with van der Waals surface area (Å²) in [5.74, 6) is -0.844. The molecule has 2 aromatic carbocycles. The normalized spacial score (nSPS) is 12.0. The van der Waals surface area contributed by atoms with Gasteiger partial charge in [-0.3, -0.25) is 0 Å². The maximum absolute atomic E-state index is 14.1. The van der Waals surface area contributed by atoms with Crippen molar-refractivity contribution in [3.8, 4) is 0 Å².